The van der Waals surface area contributed by atoms with Gasteiger partial charge in [0.2, 0.25) is 0 Å². The molecule has 1 aliphatic rings. The van der Waals surface area contributed by atoms with Gasteiger partial charge in [0.05, 0.1) is 11.0 Å². The van der Waals surface area contributed by atoms with Gasteiger partial charge in [-0.25, -0.2) is 4.57 Å². The van der Waals surface area contributed by atoms with E-state index in [9.17, 15) is 4.79 Å². The van der Waals surface area contributed by atoms with Gasteiger partial charge in [-0.2, -0.15) is 0 Å². The second kappa shape index (κ2) is 5.38. The molecule has 2 aromatic heterocycles. The Morgan fingerprint density at radius 3 is 3.10 bits per heavy atom. The van der Waals surface area contributed by atoms with Gasteiger partial charge in [0.15, 0.2) is 5.76 Å². The predicted molar refractivity (Wildman–Crippen MR) is 77.2 cm³/mol. The van der Waals surface area contributed by atoms with Crippen molar-refractivity contribution < 1.29 is 26.2 Å². The molecule has 21 heavy (non-hydrogen) atoms. The number of carbonyl (C=O) groups excluding carboxylic acids is 1. The van der Waals surface area contributed by atoms with Crippen molar-refractivity contribution in [3.05, 3.63) is 42.4 Å². The van der Waals surface area contributed by atoms with Crippen LogP contribution in [0.1, 0.15) is 10.6 Å². The van der Waals surface area contributed by atoms with Crippen LogP contribution >= 0.6 is 11.3 Å². The van der Waals surface area contributed by atoms with Gasteiger partial charge in [0, 0.05) is 11.8 Å². The van der Waals surface area contributed by atoms with Gasteiger partial charge in [-0.15, -0.1) is 0 Å². The summed E-state index contributed by atoms with van der Waals surface area (Å²) >= 11 is 1.73. The zero-order valence-corrected chi connectivity index (χ0v) is 12.5. The van der Waals surface area contributed by atoms with Crippen LogP contribution < -0.4 is 27.6 Å². The Morgan fingerprint density at radius 1 is 1.38 bits per heavy atom. The molecule has 1 aliphatic heterocycles. The maximum atomic E-state index is 12.0. The van der Waals surface area contributed by atoms with Crippen LogP contribution in [0.25, 0.3) is 10.2 Å². The third-order valence-electron chi connectivity index (χ3n) is 3.32. The summed E-state index contributed by atoms with van der Waals surface area (Å²) in [6.07, 6.45) is 1.49. The molecule has 0 spiro atoms. The van der Waals surface area contributed by atoms with Crippen LogP contribution in [0.5, 0.6) is 0 Å². The first-order valence-electron chi connectivity index (χ1n) is 6.36. The number of hydrogen-bond acceptors (Lipinski definition) is 4. The molecule has 3 heterocycles. The molecule has 3 aromatic rings. The van der Waals surface area contributed by atoms with Gasteiger partial charge in [-0.3, -0.25) is 10.1 Å². The van der Waals surface area contributed by atoms with Crippen molar-refractivity contribution in [3.8, 4) is 0 Å². The first kappa shape index (κ1) is 13.9. The third kappa shape index (κ3) is 2.36. The standard InChI is InChI=1S/C14H11N3O2S.ClH/c18-13(11-2-1-7-19-11)16-9-3-4-12-10(8-9)17-6-5-15-14(17)20-12;/h1-4,7-8H,5-6H2,(H,16,18);1H. The van der Waals surface area contributed by atoms with Crippen LogP contribution in [-0.2, 0) is 6.54 Å². The van der Waals surface area contributed by atoms with E-state index < -0.39 is 0 Å². The summed E-state index contributed by atoms with van der Waals surface area (Å²) in [5.74, 6) is 0.0827. The smallest absolute Gasteiger partial charge is 0.335 e. The minimum absolute atomic E-state index is 0. The fraction of sp³-hybridized carbons (Fsp3) is 0.143. The first-order chi connectivity index (χ1) is 9.81. The third-order valence-corrected chi connectivity index (χ3v) is 4.44. The molecule has 0 unspecified atom stereocenters. The molecule has 5 nitrogen and oxygen atoms in total. The van der Waals surface area contributed by atoms with E-state index in [0.717, 1.165) is 24.3 Å². The number of fused-ring (bicyclic) bond motifs is 3. The summed E-state index contributed by atoms with van der Waals surface area (Å²) in [6, 6.07) is 9.30. The number of carbonyl (C=O) groups is 1. The van der Waals surface area contributed by atoms with Gasteiger partial charge < -0.3 is 22.1 Å². The summed E-state index contributed by atoms with van der Waals surface area (Å²) in [5.41, 5.74) is 1.92. The number of anilines is 2. The van der Waals surface area contributed by atoms with Gasteiger partial charge in [0.25, 0.3) is 5.91 Å². The topological polar surface area (TPSA) is 58.2 Å². The Hall–Kier alpha value is -2.05. The van der Waals surface area contributed by atoms with Gasteiger partial charge in [0.1, 0.15) is 18.6 Å². The van der Waals surface area contributed by atoms with Crippen LogP contribution in [0.3, 0.4) is 0 Å². The minimum atomic E-state index is -0.232. The molecule has 1 aromatic carbocycles. The molecule has 1 amide bonds. The van der Waals surface area contributed by atoms with Crippen molar-refractivity contribution in [1.82, 2.24) is 0 Å². The SMILES string of the molecule is O=C(Nc1ccc2sc3[n+](c2c1)CCN3)c1ccco1.[Cl-]. The van der Waals surface area contributed by atoms with E-state index in [2.05, 4.69) is 15.2 Å². The number of benzene rings is 1. The molecule has 0 radical (unpaired) electrons. The van der Waals surface area contributed by atoms with Crippen molar-refractivity contribution in [1.29, 1.82) is 0 Å². The number of amides is 1. The highest BCUT2D eigenvalue weighted by atomic mass is 35.5. The molecule has 7 heteroatoms. The number of halogens is 1. The largest absolute Gasteiger partial charge is 1.00 e. The lowest BCUT2D eigenvalue weighted by atomic mass is 10.3. The normalized spacial score (nSPS) is 12.6. The van der Waals surface area contributed by atoms with Crippen LogP contribution in [0, 0.1) is 0 Å². The predicted octanol–water partition coefficient (Wildman–Crippen LogP) is -0.536. The average molecular weight is 322 g/mol. The van der Waals surface area contributed by atoms with Crippen molar-refractivity contribution >= 4 is 38.3 Å². The summed E-state index contributed by atoms with van der Waals surface area (Å²) in [7, 11) is 0. The second-order valence-corrected chi connectivity index (χ2v) is 5.63. The number of aromatic nitrogens is 1. The summed E-state index contributed by atoms with van der Waals surface area (Å²) < 4.78 is 8.54. The van der Waals surface area contributed by atoms with E-state index in [1.807, 2.05) is 18.2 Å². The molecule has 2 N–H and O–H groups in total. The Balaban J connectivity index is 0.00000132. The molecular formula is C14H12ClN3O2S. The minimum Gasteiger partial charge on any atom is -1.00 e. The molecule has 0 aliphatic carbocycles. The van der Waals surface area contributed by atoms with Crippen LogP contribution in [0.2, 0.25) is 0 Å². The lowest BCUT2D eigenvalue weighted by Gasteiger charge is -2.02. The quantitative estimate of drug-likeness (QED) is 0.624. The zero-order valence-electron chi connectivity index (χ0n) is 10.9. The Kier molecular flexibility index (Phi) is 3.57. The maximum absolute atomic E-state index is 12.0. The van der Waals surface area contributed by atoms with Gasteiger partial charge >= 0.3 is 5.13 Å². The number of nitrogens with zero attached hydrogens (tertiary/aromatic N) is 1. The maximum Gasteiger partial charge on any atom is 0.335 e. The Morgan fingerprint density at radius 2 is 2.29 bits per heavy atom. The van der Waals surface area contributed by atoms with E-state index in [-0.39, 0.29) is 18.3 Å². The van der Waals surface area contributed by atoms with Crippen molar-refractivity contribution in [3.63, 3.8) is 0 Å². The molecule has 4 rings (SSSR count). The number of rotatable bonds is 2. The van der Waals surface area contributed by atoms with Crippen molar-refractivity contribution in [2.45, 2.75) is 6.54 Å². The number of furan rings is 1. The van der Waals surface area contributed by atoms with Crippen molar-refractivity contribution in [2.24, 2.45) is 0 Å². The molecule has 0 saturated carbocycles. The number of nitrogens with one attached hydrogen (secondary N) is 2. The molecular weight excluding hydrogens is 310 g/mol. The summed E-state index contributed by atoms with van der Waals surface area (Å²) in [5, 5.41) is 7.38. The molecule has 0 saturated heterocycles. The fourth-order valence-electron chi connectivity index (χ4n) is 2.39. The highest BCUT2D eigenvalue weighted by molar-refractivity contribution is 7.21. The fourth-order valence-corrected chi connectivity index (χ4v) is 3.48. The molecule has 0 fully saturated rings. The highest BCUT2D eigenvalue weighted by Crippen LogP contribution is 2.28. The molecule has 0 atom stereocenters. The van der Waals surface area contributed by atoms with E-state index in [4.69, 9.17) is 4.42 Å². The Bertz CT molecular complexity index is 798. The average Bonchev–Trinajstić information content (AvgIpc) is 3.15. The van der Waals surface area contributed by atoms with Gasteiger partial charge in [-0.05, 0) is 35.6 Å². The van der Waals surface area contributed by atoms with E-state index >= 15 is 0 Å². The summed E-state index contributed by atoms with van der Waals surface area (Å²) in [4.78, 5) is 12.0. The van der Waals surface area contributed by atoms with Crippen molar-refractivity contribution in [2.75, 3.05) is 17.2 Å². The highest BCUT2D eigenvalue weighted by Gasteiger charge is 2.23. The number of thiazole rings is 1. The monoisotopic (exact) mass is 321 g/mol. The first-order valence-corrected chi connectivity index (χ1v) is 7.18. The Labute approximate surface area is 131 Å². The molecule has 108 valence electrons. The van der Waals surface area contributed by atoms with E-state index in [0.29, 0.717) is 5.76 Å². The van der Waals surface area contributed by atoms with E-state index in [1.54, 1.807) is 23.5 Å². The van der Waals surface area contributed by atoms with Crippen LogP contribution in [-0.4, -0.2) is 12.5 Å². The lowest BCUT2D eigenvalue weighted by Crippen LogP contribution is -3.00. The van der Waals surface area contributed by atoms with Gasteiger partial charge in [-0.1, -0.05) is 0 Å². The van der Waals surface area contributed by atoms with Crippen LogP contribution in [0.4, 0.5) is 10.8 Å². The van der Waals surface area contributed by atoms with E-state index in [1.165, 1.54) is 16.1 Å². The number of hydrogen-bond donors (Lipinski definition) is 2. The second-order valence-electron chi connectivity index (χ2n) is 4.60. The summed E-state index contributed by atoms with van der Waals surface area (Å²) in [6.45, 7) is 1.93. The lowest BCUT2D eigenvalue weighted by molar-refractivity contribution is -0.640. The van der Waals surface area contributed by atoms with Crippen LogP contribution in [0.15, 0.2) is 41.0 Å². The zero-order chi connectivity index (χ0) is 13.5. The molecule has 0 bridgehead atoms.